The molecule has 1 saturated heterocycles. The van der Waals surface area contributed by atoms with E-state index in [1.165, 1.54) is 0 Å². The summed E-state index contributed by atoms with van der Waals surface area (Å²) in [7, 11) is 1.64. The maximum atomic E-state index is 10.5. The minimum Gasteiger partial charge on any atom is -0.497 e. The van der Waals surface area contributed by atoms with Gasteiger partial charge in [0.2, 0.25) is 5.95 Å². The minimum atomic E-state index is -0.664. The molecule has 10 heteroatoms. The summed E-state index contributed by atoms with van der Waals surface area (Å²) in [5, 5.41) is 22.7. The number of benzene rings is 2. The molecule has 5 rings (SSSR count). The summed E-state index contributed by atoms with van der Waals surface area (Å²) < 4.78 is 8.75. The van der Waals surface area contributed by atoms with Crippen molar-refractivity contribution in [1.82, 2.24) is 24.9 Å². The highest BCUT2D eigenvalue weighted by atomic mass is 79.9. The van der Waals surface area contributed by atoms with Crippen molar-refractivity contribution in [3.63, 3.8) is 0 Å². The number of hydrogen-bond donors (Lipinski definition) is 3. The Hall–Kier alpha value is -2.27. The second-order valence-corrected chi connectivity index (χ2v) is 9.53. The standard InChI is InChI=1S/C22H22Br2N6O2/c1-32-14-7-5-12(6-8-14)19-28-20-15-10-13(23)11-16(24)18(15)27-22(30(20)29-19)26-17-4-2-3-9-25-21(17)31/h5-8,10-11,17,21,25,31H,2-4,9H2,1H3,(H,26,27)/t17-,21?/m1/s1. The Morgan fingerprint density at radius 2 is 1.97 bits per heavy atom. The van der Waals surface area contributed by atoms with E-state index >= 15 is 0 Å². The van der Waals surface area contributed by atoms with E-state index in [0.717, 1.165) is 57.0 Å². The van der Waals surface area contributed by atoms with Crippen molar-refractivity contribution >= 4 is 54.4 Å². The highest BCUT2D eigenvalue weighted by molar-refractivity contribution is 9.11. The van der Waals surface area contributed by atoms with Gasteiger partial charge in [-0.05, 0) is 78.1 Å². The second-order valence-electron chi connectivity index (χ2n) is 7.76. The normalized spacial score (nSPS) is 19.2. The number of hydrogen-bond acceptors (Lipinski definition) is 7. The molecule has 0 saturated carbocycles. The molecule has 0 bridgehead atoms. The first-order valence-corrected chi connectivity index (χ1v) is 12.0. The molecule has 1 aliphatic heterocycles. The van der Waals surface area contributed by atoms with Crippen LogP contribution in [0.25, 0.3) is 27.9 Å². The van der Waals surface area contributed by atoms with E-state index in [9.17, 15) is 5.11 Å². The first-order chi connectivity index (χ1) is 15.5. The predicted molar refractivity (Wildman–Crippen MR) is 131 cm³/mol. The molecule has 1 fully saturated rings. The number of nitrogens with zero attached hydrogens (tertiary/aromatic N) is 4. The summed E-state index contributed by atoms with van der Waals surface area (Å²) >= 11 is 7.20. The topological polar surface area (TPSA) is 96.6 Å². The fourth-order valence-electron chi connectivity index (χ4n) is 3.95. The van der Waals surface area contributed by atoms with E-state index < -0.39 is 6.23 Å². The molecule has 2 aromatic heterocycles. The lowest BCUT2D eigenvalue weighted by Gasteiger charge is -2.23. The predicted octanol–water partition coefficient (Wildman–Crippen LogP) is 4.35. The molecule has 4 aromatic rings. The molecule has 32 heavy (non-hydrogen) atoms. The van der Waals surface area contributed by atoms with Crippen LogP contribution < -0.4 is 15.4 Å². The van der Waals surface area contributed by atoms with Gasteiger partial charge in [-0.2, -0.15) is 4.52 Å². The Kier molecular flexibility index (Phi) is 6.02. The lowest BCUT2D eigenvalue weighted by molar-refractivity contribution is 0.121. The van der Waals surface area contributed by atoms with E-state index in [4.69, 9.17) is 19.8 Å². The molecule has 8 nitrogen and oxygen atoms in total. The number of rotatable bonds is 4. The average molecular weight is 562 g/mol. The molecule has 2 atom stereocenters. The van der Waals surface area contributed by atoms with E-state index in [1.807, 2.05) is 36.4 Å². The molecule has 2 aromatic carbocycles. The van der Waals surface area contributed by atoms with Gasteiger partial charge in [0.05, 0.1) is 18.7 Å². The summed E-state index contributed by atoms with van der Waals surface area (Å²) in [4.78, 5) is 9.71. The van der Waals surface area contributed by atoms with Crippen LogP contribution in [0, 0.1) is 0 Å². The number of anilines is 1. The third-order valence-electron chi connectivity index (χ3n) is 5.63. The monoisotopic (exact) mass is 560 g/mol. The summed E-state index contributed by atoms with van der Waals surface area (Å²) in [5.41, 5.74) is 2.33. The zero-order valence-electron chi connectivity index (χ0n) is 17.3. The number of aliphatic hydroxyl groups excluding tert-OH is 1. The first-order valence-electron chi connectivity index (χ1n) is 10.4. The molecule has 3 N–H and O–H groups in total. The van der Waals surface area contributed by atoms with Crippen molar-refractivity contribution in [3.05, 3.63) is 45.3 Å². The third-order valence-corrected chi connectivity index (χ3v) is 6.70. The highest BCUT2D eigenvalue weighted by Crippen LogP contribution is 2.32. The Balaban J connectivity index is 1.68. The fourth-order valence-corrected chi connectivity index (χ4v) is 5.26. The fraction of sp³-hybridized carbons (Fsp3) is 0.318. The number of aliphatic hydroxyl groups is 1. The first kappa shape index (κ1) is 21.6. The van der Waals surface area contributed by atoms with Crippen LogP contribution >= 0.6 is 31.9 Å². The van der Waals surface area contributed by atoms with Crippen molar-refractivity contribution < 1.29 is 9.84 Å². The van der Waals surface area contributed by atoms with Crippen molar-refractivity contribution in [3.8, 4) is 17.1 Å². The minimum absolute atomic E-state index is 0.187. The second kappa shape index (κ2) is 8.93. The Labute approximate surface area is 201 Å². The van der Waals surface area contributed by atoms with Gasteiger partial charge in [-0.1, -0.05) is 15.9 Å². The number of ether oxygens (including phenoxy) is 1. The van der Waals surface area contributed by atoms with Gasteiger partial charge in [-0.25, -0.2) is 9.97 Å². The van der Waals surface area contributed by atoms with Crippen molar-refractivity contribution in [1.29, 1.82) is 0 Å². The molecular weight excluding hydrogens is 540 g/mol. The van der Waals surface area contributed by atoms with Crippen molar-refractivity contribution in [2.45, 2.75) is 31.5 Å². The van der Waals surface area contributed by atoms with Crippen LogP contribution in [0.3, 0.4) is 0 Å². The Bertz CT molecular complexity index is 1280. The molecule has 0 amide bonds. The van der Waals surface area contributed by atoms with Crippen molar-refractivity contribution in [2.75, 3.05) is 19.0 Å². The SMILES string of the molecule is COc1ccc(-c2nc3c4cc(Br)cc(Br)c4nc(N[C@@H]4CCCCNC4O)n3n2)cc1. The summed E-state index contributed by atoms with van der Waals surface area (Å²) in [6, 6.07) is 11.4. The lowest BCUT2D eigenvalue weighted by Crippen LogP contribution is -2.43. The van der Waals surface area contributed by atoms with Gasteiger partial charge < -0.3 is 15.2 Å². The van der Waals surface area contributed by atoms with Gasteiger partial charge in [0.1, 0.15) is 12.0 Å². The molecular formula is C22H22Br2N6O2. The highest BCUT2D eigenvalue weighted by Gasteiger charge is 2.24. The molecule has 1 aliphatic rings. The number of halogens is 2. The largest absolute Gasteiger partial charge is 0.497 e. The van der Waals surface area contributed by atoms with Crippen LogP contribution in [0.4, 0.5) is 5.95 Å². The molecule has 1 unspecified atom stereocenters. The number of methoxy groups -OCH3 is 1. The molecule has 0 spiro atoms. The number of fused-ring (bicyclic) bond motifs is 3. The van der Waals surface area contributed by atoms with Crippen LogP contribution in [0.1, 0.15) is 19.3 Å². The van der Waals surface area contributed by atoms with E-state index in [2.05, 4.69) is 42.5 Å². The summed E-state index contributed by atoms with van der Waals surface area (Å²) in [6.45, 7) is 0.796. The summed E-state index contributed by atoms with van der Waals surface area (Å²) in [5.74, 6) is 1.89. The van der Waals surface area contributed by atoms with Crippen molar-refractivity contribution in [2.24, 2.45) is 0 Å². The smallest absolute Gasteiger partial charge is 0.226 e. The van der Waals surface area contributed by atoms with Crippen LogP contribution in [-0.4, -0.2) is 50.6 Å². The van der Waals surface area contributed by atoms with E-state index in [-0.39, 0.29) is 6.04 Å². The van der Waals surface area contributed by atoms with E-state index in [0.29, 0.717) is 17.4 Å². The van der Waals surface area contributed by atoms with Gasteiger partial charge in [0.15, 0.2) is 11.5 Å². The van der Waals surface area contributed by atoms with Gasteiger partial charge in [0.25, 0.3) is 0 Å². The maximum Gasteiger partial charge on any atom is 0.226 e. The molecule has 0 radical (unpaired) electrons. The van der Waals surface area contributed by atoms with Crippen LogP contribution in [0.5, 0.6) is 5.75 Å². The van der Waals surface area contributed by atoms with E-state index in [1.54, 1.807) is 11.6 Å². The third kappa shape index (κ3) is 4.07. The number of nitrogens with one attached hydrogen (secondary N) is 2. The quantitative estimate of drug-likeness (QED) is 0.341. The number of aromatic nitrogens is 4. The van der Waals surface area contributed by atoms with Gasteiger partial charge in [-0.3, -0.25) is 5.32 Å². The zero-order valence-corrected chi connectivity index (χ0v) is 20.5. The van der Waals surface area contributed by atoms with Gasteiger partial charge in [-0.15, -0.1) is 5.10 Å². The maximum absolute atomic E-state index is 10.5. The molecule has 3 heterocycles. The Morgan fingerprint density at radius 3 is 2.75 bits per heavy atom. The van der Waals surface area contributed by atoms with Gasteiger partial charge >= 0.3 is 0 Å². The zero-order chi connectivity index (χ0) is 22.2. The summed E-state index contributed by atoms with van der Waals surface area (Å²) in [6.07, 6.45) is 2.21. The molecule has 166 valence electrons. The lowest BCUT2D eigenvalue weighted by atomic mass is 10.1. The van der Waals surface area contributed by atoms with Gasteiger partial charge in [0, 0.05) is 19.9 Å². The molecule has 0 aliphatic carbocycles. The van der Waals surface area contributed by atoms with Crippen LogP contribution in [-0.2, 0) is 0 Å². The Morgan fingerprint density at radius 1 is 1.16 bits per heavy atom. The average Bonchev–Trinajstić information content (AvgIpc) is 3.15. The van der Waals surface area contributed by atoms with Crippen LogP contribution in [0.15, 0.2) is 45.3 Å². The van der Waals surface area contributed by atoms with Crippen LogP contribution in [0.2, 0.25) is 0 Å².